The van der Waals surface area contributed by atoms with Crippen LogP contribution in [0.1, 0.15) is 19.8 Å². The first-order chi connectivity index (χ1) is 9.89. The van der Waals surface area contributed by atoms with E-state index in [1.165, 1.54) is 24.3 Å². The second kappa shape index (κ2) is 6.87. The van der Waals surface area contributed by atoms with Gasteiger partial charge in [0, 0.05) is 17.9 Å². The zero-order valence-electron chi connectivity index (χ0n) is 11.4. The van der Waals surface area contributed by atoms with Gasteiger partial charge in [-0.15, -0.1) is 13.2 Å². The van der Waals surface area contributed by atoms with Gasteiger partial charge >= 0.3 is 6.36 Å². The number of halogens is 4. The van der Waals surface area contributed by atoms with Gasteiger partial charge in [-0.05, 0) is 30.7 Å². The predicted octanol–water partition coefficient (Wildman–Crippen LogP) is 4.30. The molecule has 1 aliphatic carbocycles. The van der Waals surface area contributed by atoms with Gasteiger partial charge in [0.25, 0.3) is 0 Å². The lowest BCUT2D eigenvalue weighted by Crippen LogP contribution is -2.52. The summed E-state index contributed by atoms with van der Waals surface area (Å²) in [6.45, 7) is 2.68. The molecule has 118 valence electrons. The van der Waals surface area contributed by atoms with Crippen molar-refractivity contribution in [2.45, 2.75) is 43.2 Å². The predicted molar refractivity (Wildman–Crippen MR) is 74.9 cm³/mol. The highest BCUT2D eigenvalue weighted by Crippen LogP contribution is 2.35. The highest BCUT2D eigenvalue weighted by atomic mass is 79.9. The van der Waals surface area contributed by atoms with Crippen molar-refractivity contribution < 1.29 is 27.4 Å². The van der Waals surface area contributed by atoms with Crippen LogP contribution in [0.2, 0.25) is 0 Å². The van der Waals surface area contributed by atoms with Crippen molar-refractivity contribution in [1.29, 1.82) is 0 Å². The highest BCUT2D eigenvalue weighted by Gasteiger charge is 2.42. The average molecular weight is 369 g/mol. The Bertz CT molecular complexity index is 450. The molecule has 0 spiro atoms. The van der Waals surface area contributed by atoms with Crippen molar-refractivity contribution in [3.63, 3.8) is 0 Å². The van der Waals surface area contributed by atoms with Crippen molar-refractivity contribution in [2.75, 3.05) is 6.61 Å². The molecule has 0 amide bonds. The molecule has 1 aliphatic rings. The van der Waals surface area contributed by atoms with Crippen LogP contribution >= 0.6 is 15.9 Å². The molecule has 2 rings (SSSR count). The van der Waals surface area contributed by atoms with Crippen LogP contribution < -0.4 is 9.47 Å². The van der Waals surface area contributed by atoms with E-state index in [9.17, 15) is 13.2 Å². The van der Waals surface area contributed by atoms with E-state index in [2.05, 4.69) is 20.7 Å². The Morgan fingerprint density at radius 2 is 1.81 bits per heavy atom. The third kappa shape index (κ3) is 4.78. The summed E-state index contributed by atoms with van der Waals surface area (Å²) in [6.07, 6.45) is -3.08. The van der Waals surface area contributed by atoms with Crippen molar-refractivity contribution in [2.24, 2.45) is 0 Å². The van der Waals surface area contributed by atoms with E-state index in [1.54, 1.807) is 0 Å². The average Bonchev–Trinajstić information content (AvgIpc) is 2.39. The van der Waals surface area contributed by atoms with Gasteiger partial charge in [0.1, 0.15) is 23.7 Å². The molecule has 3 atom stereocenters. The summed E-state index contributed by atoms with van der Waals surface area (Å²) in [4.78, 5) is 0.252. The maximum atomic E-state index is 12.1. The van der Waals surface area contributed by atoms with Gasteiger partial charge in [-0.2, -0.15) is 0 Å². The smallest absolute Gasteiger partial charge is 0.488 e. The first kappa shape index (κ1) is 16.4. The fourth-order valence-electron chi connectivity index (χ4n) is 2.00. The Hall–Kier alpha value is -0.950. The van der Waals surface area contributed by atoms with Gasteiger partial charge in [0.15, 0.2) is 0 Å². The zero-order chi connectivity index (χ0) is 15.5. The van der Waals surface area contributed by atoms with Crippen LogP contribution in [0.5, 0.6) is 11.5 Å². The molecule has 3 nitrogen and oxygen atoms in total. The van der Waals surface area contributed by atoms with E-state index in [0.29, 0.717) is 12.4 Å². The lowest BCUT2D eigenvalue weighted by molar-refractivity contribution is -0.274. The molecule has 0 heterocycles. The minimum atomic E-state index is -4.68. The van der Waals surface area contributed by atoms with Gasteiger partial charge in [-0.25, -0.2) is 0 Å². The van der Waals surface area contributed by atoms with Crippen LogP contribution in [-0.2, 0) is 4.74 Å². The van der Waals surface area contributed by atoms with Crippen LogP contribution in [0.3, 0.4) is 0 Å². The van der Waals surface area contributed by atoms with E-state index in [-0.39, 0.29) is 22.8 Å². The molecular weight excluding hydrogens is 353 g/mol. The van der Waals surface area contributed by atoms with Gasteiger partial charge in [-0.1, -0.05) is 22.9 Å². The molecule has 21 heavy (non-hydrogen) atoms. The Morgan fingerprint density at radius 1 is 1.19 bits per heavy atom. The van der Waals surface area contributed by atoms with E-state index in [1.807, 2.05) is 6.92 Å². The van der Waals surface area contributed by atoms with Crippen LogP contribution in [-0.4, -0.2) is 30.0 Å². The molecule has 1 saturated carbocycles. The summed E-state index contributed by atoms with van der Waals surface area (Å²) < 4.78 is 51.4. The van der Waals surface area contributed by atoms with Crippen molar-refractivity contribution in [1.82, 2.24) is 0 Å². The lowest BCUT2D eigenvalue weighted by atomic mass is 9.91. The topological polar surface area (TPSA) is 27.7 Å². The summed E-state index contributed by atoms with van der Waals surface area (Å²) >= 11 is 3.51. The first-order valence-corrected chi connectivity index (χ1v) is 7.58. The number of rotatable bonds is 6. The Morgan fingerprint density at radius 3 is 2.33 bits per heavy atom. The summed E-state index contributed by atoms with van der Waals surface area (Å²) in [7, 11) is 0. The zero-order valence-corrected chi connectivity index (χ0v) is 13.0. The third-order valence-electron chi connectivity index (χ3n) is 3.04. The number of hydrogen-bond donors (Lipinski definition) is 0. The summed E-state index contributed by atoms with van der Waals surface area (Å²) in [5.74, 6) is 0.236. The lowest BCUT2D eigenvalue weighted by Gasteiger charge is -2.40. The molecule has 0 saturated heterocycles. The molecule has 1 aromatic carbocycles. The van der Waals surface area contributed by atoms with Crippen LogP contribution in [0.4, 0.5) is 13.2 Å². The molecule has 1 aromatic rings. The Kier molecular flexibility index (Phi) is 5.37. The molecule has 1 fully saturated rings. The Labute approximate surface area is 129 Å². The number of alkyl halides is 4. The van der Waals surface area contributed by atoms with Crippen molar-refractivity contribution in [3.8, 4) is 11.5 Å². The van der Waals surface area contributed by atoms with Crippen molar-refractivity contribution in [3.05, 3.63) is 24.3 Å². The molecule has 0 aromatic heterocycles. The Balaban J connectivity index is 1.88. The van der Waals surface area contributed by atoms with E-state index in [4.69, 9.17) is 9.47 Å². The van der Waals surface area contributed by atoms with E-state index >= 15 is 0 Å². The summed E-state index contributed by atoms with van der Waals surface area (Å²) in [5, 5.41) is 0. The second-order valence-corrected chi connectivity index (χ2v) is 5.94. The molecule has 7 heteroatoms. The monoisotopic (exact) mass is 368 g/mol. The van der Waals surface area contributed by atoms with Gasteiger partial charge in [0.2, 0.25) is 0 Å². The van der Waals surface area contributed by atoms with Crippen LogP contribution in [0.25, 0.3) is 0 Å². The third-order valence-corrected chi connectivity index (χ3v) is 3.93. The van der Waals surface area contributed by atoms with Crippen LogP contribution in [0.15, 0.2) is 24.3 Å². The van der Waals surface area contributed by atoms with Gasteiger partial charge < -0.3 is 14.2 Å². The van der Waals surface area contributed by atoms with Crippen LogP contribution in [0, 0.1) is 0 Å². The number of hydrogen-bond acceptors (Lipinski definition) is 3. The second-order valence-electron chi connectivity index (χ2n) is 4.76. The molecular formula is C14H16BrF3O3. The van der Waals surface area contributed by atoms with Crippen molar-refractivity contribution >= 4 is 15.9 Å². The minimum Gasteiger partial charge on any atom is -0.488 e. The number of ether oxygens (including phenoxy) is 3. The number of benzene rings is 1. The molecule has 0 aliphatic heterocycles. The maximum absolute atomic E-state index is 12.1. The standard InChI is InChI=1S/C14H16BrF3O3/c1-2-7-19-13-11(15)8-12(13)20-9-3-5-10(6-4-9)21-14(16,17)18/h3-6,11-13H,2,7-8H2,1H3. The van der Waals surface area contributed by atoms with Gasteiger partial charge in [0.05, 0.1) is 0 Å². The minimum absolute atomic E-state index is 0.0314. The summed E-state index contributed by atoms with van der Waals surface area (Å²) in [5.41, 5.74) is 0. The fraction of sp³-hybridized carbons (Fsp3) is 0.571. The largest absolute Gasteiger partial charge is 0.573 e. The van der Waals surface area contributed by atoms with E-state index < -0.39 is 6.36 Å². The quantitative estimate of drug-likeness (QED) is 0.700. The molecule has 0 N–H and O–H groups in total. The highest BCUT2D eigenvalue weighted by molar-refractivity contribution is 9.09. The fourth-order valence-corrected chi connectivity index (χ4v) is 2.86. The van der Waals surface area contributed by atoms with Gasteiger partial charge in [-0.3, -0.25) is 0 Å². The SMILES string of the molecule is CCCOC1C(Br)CC1Oc1ccc(OC(F)(F)F)cc1. The molecule has 3 unspecified atom stereocenters. The first-order valence-electron chi connectivity index (χ1n) is 6.67. The van der Waals surface area contributed by atoms with E-state index in [0.717, 1.165) is 12.8 Å². The normalized spacial score (nSPS) is 25.3. The molecule has 0 bridgehead atoms. The molecule has 0 radical (unpaired) electrons. The maximum Gasteiger partial charge on any atom is 0.573 e. The summed E-state index contributed by atoms with van der Waals surface area (Å²) in [6, 6.07) is 5.38.